The highest BCUT2D eigenvalue weighted by molar-refractivity contribution is 8.02. The summed E-state index contributed by atoms with van der Waals surface area (Å²) in [4.78, 5) is 13.7. The molecule has 17 heavy (non-hydrogen) atoms. The van der Waals surface area contributed by atoms with Crippen molar-refractivity contribution < 1.29 is 4.79 Å². The van der Waals surface area contributed by atoms with Crippen LogP contribution in [0.3, 0.4) is 0 Å². The van der Waals surface area contributed by atoms with Gasteiger partial charge in [0, 0.05) is 12.6 Å². The first-order valence-electron chi connectivity index (χ1n) is 6.89. The van der Waals surface area contributed by atoms with Crippen LogP contribution in [0, 0.1) is 0 Å². The lowest BCUT2D eigenvalue weighted by Gasteiger charge is -2.19. The van der Waals surface area contributed by atoms with Crippen LogP contribution >= 0.6 is 11.8 Å². The highest BCUT2D eigenvalue weighted by Crippen LogP contribution is 2.25. The molecule has 98 valence electrons. The first-order valence-corrected chi connectivity index (χ1v) is 7.83. The molecular formula is C14H25NOS. The zero-order valence-electron chi connectivity index (χ0n) is 11.2. The second-order valence-corrected chi connectivity index (χ2v) is 5.92. The number of amides is 1. The number of hydrogen-bond donors (Lipinski definition) is 0. The molecule has 0 N–H and O–H groups in total. The number of carbonyl (C=O) groups is 1. The highest BCUT2D eigenvalue weighted by Gasteiger charge is 2.20. The largest absolute Gasteiger partial charge is 0.306 e. The molecule has 1 aliphatic rings. The monoisotopic (exact) mass is 255 g/mol. The van der Waals surface area contributed by atoms with Crippen LogP contribution in [0.15, 0.2) is 11.6 Å². The number of hydrogen-bond acceptors (Lipinski definition) is 2. The molecule has 0 aliphatic carbocycles. The third-order valence-corrected chi connectivity index (χ3v) is 4.07. The maximum Gasteiger partial charge on any atom is 0.227 e. The van der Waals surface area contributed by atoms with Crippen LogP contribution in [0.5, 0.6) is 0 Å². The molecule has 0 radical (unpaired) electrons. The number of unbranched alkanes of at least 4 members (excludes halogenated alkanes) is 6. The van der Waals surface area contributed by atoms with Crippen LogP contribution in [0.25, 0.3) is 0 Å². The van der Waals surface area contributed by atoms with Gasteiger partial charge in [0.2, 0.25) is 5.91 Å². The summed E-state index contributed by atoms with van der Waals surface area (Å²) in [7, 11) is 0. The fraction of sp³-hybridized carbons (Fsp3) is 0.786. The van der Waals surface area contributed by atoms with Gasteiger partial charge in [0.05, 0.1) is 5.37 Å². The molecule has 0 spiro atoms. The van der Waals surface area contributed by atoms with Gasteiger partial charge in [-0.05, 0) is 18.8 Å². The second kappa shape index (κ2) is 8.62. The van der Waals surface area contributed by atoms with Crippen LogP contribution in [-0.4, -0.2) is 16.2 Å². The normalized spacial score (nSPS) is 18.9. The van der Waals surface area contributed by atoms with Crippen molar-refractivity contribution in [1.82, 2.24) is 4.90 Å². The van der Waals surface area contributed by atoms with Crippen molar-refractivity contribution in [1.29, 1.82) is 0 Å². The predicted molar refractivity (Wildman–Crippen MR) is 75.6 cm³/mol. The van der Waals surface area contributed by atoms with Gasteiger partial charge in [0.25, 0.3) is 0 Å². The minimum absolute atomic E-state index is 0.285. The number of nitrogens with zero attached hydrogens (tertiary/aromatic N) is 1. The number of thioether (sulfide) groups is 1. The van der Waals surface area contributed by atoms with Crippen LogP contribution in [-0.2, 0) is 4.79 Å². The first kappa shape index (κ1) is 14.6. The molecular weight excluding hydrogens is 230 g/mol. The van der Waals surface area contributed by atoms with Gasteiger partial charge >= 0.3 is 0 Å². The van der Waals surface area contributed by atoms with E-state index in [2.05, 4.69) is 13.8 Å². The van der Waals surface area contributed by atoms with Crippen molar-refractivity contribution in [3.8, 4) is 0 Å². The van der Waals surface area contributed by atoms with Crippen molar-refractivity contribution in [3.63, 3.8) is 0 Å². The van der Waals surface area contributed by atoms with Crippen LogP contribution in [0.1, 0.15) is 65.2 Å². The van der Waals surface area contributed by atoms with Crippen molar-refractivity contribution in [2.45, 2.75) is 70.6 Å². The Bertz CT molecular complexity index is 253. The fourth-order valence-electron chi connectivity index (χ4n) is 2.05. The number of carbonyl (C=O) groups excluding carboxylic acids is 1. The molecule has 0 saturated carbocycles. The summed E-state index contributed by atoms with van der Waals surface area (Å²) in [5, 5.41) is 2.31. The lowest BCUT2D eigenvalue weighted by atomic mass is 10.1. The van der Waals surface area contributed by atoms with E-state index >= 15 is 0 Å². The lowest BCUT2D eigenvalue weighted by molar-refractivity contribution is -0.128. The average Bonchev–Trinajstić information content (AvgIpc) is 2.74. The van der Waals surface area contributed by atoms with Gasteiger partial charge in [-0.3, -0.25) is 4.79 Å². The molecule has 1 heterocycles. The standard InChI is InChI=1S/C14H25NOS/c1-3-4-5-6-7-8-9-10-14(16)15-11-12-17-13(15)2/h11-13H,3-10H2,1-2H3. The molecule has 0 fully saturated rings. The summed E-state index contributed by atoms with van der Waals surface area (Å²) in [5.41, 5.74) is 0. The molecule has 1 atom stereocenters. The molecule has 1 aliphatic heterocycles. The summed E-state index contributed by atoms with van der Waals surface area (Å²) >= 11 is 1.71. The smallest absolute Gasteiger partial charge is 0.227 e. The van der Waals surface area contributed by atoms with Gasteiger partial charge < -0.3 is 4.90 Å². The Hall–Kier alpha value is -0.440. The molecule has 0 aromatic rings. The van der Waals surface area contributed by atoms with E-state index in [1.807, 2.05) is 16.5 Å². The number of rotatable bonds is 8. The Labute approximate surface area is 110 Å². The Morgan fingerprint density at radius 2 is 1.82 bits per heavy atom. The molecule has 3 heteroatoms. The minimum atomic E-state index is 0.285. The third kappa shape index (κ3) is 5.62. The van der Waals surface area contributed by atoms with Crippen molar-refractivity contribution in [2.75, 3.05) is 0 Å². The second-order valence-electron chi connectivity index (χ2n) is 4.69. The summed E-state index contributed by atoms with van der Waals surface area (Å²) < 4.78 is 0. The van der Waals surface area contributed by atoms with Crippen molar-refractivity contribution in [3.05, 3.63) is 11.6 Å². The van der Waals surface area contributed by atoms with Gasteiger partial charge in [0.1, 0.15) is 0 Å². The van der Waals surface area contributed by atoms with Crippen LogP contribution in [0.4, 0.5) is 0 Å². The summed E-state index contributed by atoms with van der Waals surface area (Å²) in [5.74, 6) is 0.285. The zero-order valence-corrected chi connectivity index (χ0v) is 12.0. The average molecular weight is 255 g/mol. The molecule has 0 saturated heterocycles. The quantitative estimate of drug-likeness (QED) is 0.594. The Balaban J connectivity index is 1.99. The molecule has 1 unspecified atom stereocenters. The zero-order chi connectivity index (χ0) is 12.5. The Morgan fingerprint density at radius 3 is 2.41 bits per heavy atom. The first-order chi connectivity index (χ1) is 8.25. The molecule has 0 aromatic carbocycles. The summed E-state index contributed by atoms with van der Waals surface area (Å²) in [6.07, 6.45) is 11.5. The Kier molecular flexibility index (Phi) is 7.41. The van der Waals surface area contributed by atoms with E-state index in [1.54, 1.807) is 11.8 Å². The van der Waals surface area contributed by atoms with Crippen LogP contribution < -0.4 is 0 Å². The summed E-state index contributed by atoms with van der Waals surface area (Å²) in [6.45, 7) is 4.31. The predicted octanol–water partition coefficient (Wildman–Crippen LogP) is 4.52. The van der Waals surface area contributed by atoms with E-state index in [9.17, 15) is 4.79 Å². The van der Waals surface area contributed by atoms with Gasteiger partial charge in [-0.15, -0.1) is 11.8 Å². The molecule has 2 nitrogen and oxygen atoms in total. The highest BCUT2D eigenvalue weighted by atomic mass is 32.2. The molecule has 1 rings (SSSR count). The van der Waals surface area contributed by atoms with E-state index < -0.39 is 0 Å². The topological polar surface area (TPSA) is 20.3 Å². The van der Waals surface area contributed by atoms with Gasteiger partial charge in [0.15, 0.2) is 0 Å². The molecule has 0 bridgehead atoms. The van der Waals surface area contributed by atoms with E-state index in [1.165, 1.54) is 38.5 Å². The van der Waals surface area contributed by atoms with Gasteiger partial charge in [-0.1, -0.05) is 45.4 Å². The maximum absolute atomic E-state index is 11.9. The fourth-order valence-corrected chi connectivity index (χ4v) is 2.80. The third-order valence-electron chi connectivity index (χ3n) is 3.17. The molecule has 1 amide bonds. The summed E-state index contributed by atoms with van der Waals surface area (Å²) in [6, 6.07) is 0. The van der Waals surface area contributed by atoms with E-state index in [0.717, 1.165) is 6.42 Å². The van der Waals surface area contributed by atoms with E-state index in [0.29, 0.717) is 11.8 Å². The van der Waals surface area contributed by atoms with Crippen molar-refractivity contribution in [2.24, 2.45) is 0 Å². The van der Waals surface area contributed by atoms with Gasteiger partial charge in [-0.25, -0.2) is 0 Å². The van der Waals surface area contributed by atoms with Crippen LogP contribution in [0.2, 0.25) is 0 Å². The lowest BCUT2D eigenvalue weighted by Crippen LogP contribution is -2.28. The van der Waals surface area contributed by atoms with Gasteiger partial charge in [-0.2, -0.15) is 0 Å². The SMILES string of the molecule is CCCCCCCCCC(=O)N1C=CSC1C. The van der Waals surface area contributed by atoms with Crippen molar-refractivity contribution >= 4 is 17.7 Å². The Morgan fingerprint density at radius 1 is 1.18 bits per heavy atom. The van der Waals surface area contributed by atoms with E-state index in [4.69, 9.17) is 0 Å². The molecule has 0 aromatic heterocycles. The maximum atomic E-state index is 11.9. The van der Waals surface area contributed by atoms with E-state index in [-0.39, 0.29) is 5.91 Å². The minimum Gasteiger partial charge on any atom is -0.306 e.